The summed E-state index contributed by atoms with van der Waals surface area (Å²) in [7, 11) is -3.48. The molecule has 1 saturated heterocycles. The second-order valence-electron chi connectivity index (χ2n) is 7.22. The van der Waals surface area contributed by atoms with Gasteiger partial charge < -0.3 is 10.2 Å². The maximum atomic E-state index is 13.0. The Labute approximate surface area is 190 Å². The molecule has 1 N–H and O–H groups in total. The van der Waals surface area contributed by atoms with Crippen LogP contribution < -0.4 is 5.32 Å². The average Bonchev–Trinajstić information content (AvgIpc) is 3.45. The quantitative estimate of drug-likeness (QED) is 0.566. The Balaban J connectivity index is 1.34. The average molecular weight is 477 g/mol. The fourth-order valence-electron chi connectivity index (χ4n) is 3.44. The molecular weight excluding hydrogens is 452 g/mol. The van der Waals surface area contributed by atoms with Gasteiger partial charge in [-0.2, -0.15) is 4.31 Å². The van der Waals surface area contributed by atoms with Gasteiger partial charge in [-0.1, -0.05) is 47.7 Å². The Morgan fingerprint density at radius 2 is 1.84 bits per heavy atom. The number of hydrogen-bond donors (Lipinski definition) is 1. The van der Waals surface area contributed by atoms with Crippen molar-refractivity contribution in [1.29, 1.82) is 0 Å². The summed E-state index contributed by atoms with van der Waals surface area (Å²) in [6.07, 6.45) is 0.878. The molecule has 1 amide bonds. The van der Waals surface area contributed by atoms with Crippen LogP contribution in [0.3, 0.4) is 0 Å². The molecule has 31 heavy (non-hydrogen) atoms. The van der Waals surface area contributed by atoms with E-state index >= 15 is 0 Å². The molecule has 4 rings (SSSR count). The number of anilines is 1. The Bertz CT molecular complexity index is 1120. The standard InChI is InChI=1S/C21H24N4O3S3/c1-16-19(30-21(23-16)22-10-9-17-6-3-2-4-7-17)20(26)24-11-13-25(14-12-24)31(27,28)18-8-5-15-29-18/h2-8,15H,9-14H2,1H3,(H,22,23). The Hall–Kier alpha value is -2.27. The van der Waals surface area contributed by atoms with Crippen LogP contribution in [0.1, 0.15) is 20.9 Å². The highest BCUT2D eigenvalue weighted by Gasteiger charge is 2.32. The number of carbonyl (C=O) groups is 1. The van der Waals surface area contributed by atoms with Crippen LogP contribution in [0.4, 0.5) is 5.13 Å². The fraction of sp³-hybridized carbons (Fsp3) is 0.333. The molecule has 1 aliphatic rings. The SMILES string of the molecule is Cc1nc(NCCc2ccccc2)sc1C(=O)N1CCN(S(=O)(=O)c2cccs2)CC1. The number of sulfonamides is 1. The van der Waals surface area contributed by atoms with Crippen LogP contribution in [0.25, 0.3) is 0 Å². The summed E-state index contributed by atoms with van der Waals surface area (Å²) in [5.41, 5.74) is 1.95. The van der Waals surface area contributed by atoms with Crippen molar-refractivity contribution in [2.75, 3.05) is 38.0 Å². The maximum absolute atomic E-state index is 13.0. The van der Waals surface area contributed by atoms with Gasteiger partial charge in [0, 0.05) is 32.7 Å². The van der Waals surface area contributed by atoms with E-state index in [2.05, 4.69) is 22.4 Å². The summed E-state index contributed by atoms with van der Waals surface area (Å²) in [5.74, 6) is -0.0840. The lowest BCUT2D eigenvalue weighted by Gasteiger charge is -2.33. The minimum atomic E-state index is -3.48. The molecule has 1 aliphatic heterocycles. The summed E-state index contributed by atoms with van der Waals surface area (Å²) >= 11 is 2.57. The number of hydrogen-bond acceptors (Lipinski definition) is 7. The summed E-state index contributed by atoms with van der Waals surface area (Å²) in [6, 6.07) is 13.6. The molecule has 3 heterocycles. The van der Waals surface area contributed by atoms with Crippen molar-refractivity contribution in [3.63, 3.8) is 0 Å². The Morgan fingerprint density at radius 3 is 2.52 bits per heavy atom. The number of thiophene rings is 1. The van der Waals surface area contributed by atoms with Crippen LogP contribution in [-0.4, -0.2) is 61.2 Å². The molecule has 0 bridgehead atoms. The van der Waals surface area contributed by atoms with Crippen molar-refractivity contribution in [3.8, 4) is 0 Å². The lowest BCUT2D eigenvalue weighted by Crippen LogP contribution is -2.50. The van der Waals surface area contributed by atoms with E-state index in [4.69, 9.17) is 0 Å². The molecule has 0 unspecified atom stereocenters. The number of nitrogens with one attached hydrogen (secondary N) is 1. The Morgan fingerprint density at radius 1 is 1.10 bits per heavy atom. The fourth-order valence-corrected chi connectivity index (χ4v) is 6.97. The van der Waals surface area contributed by atoms with Crippen molar-refractivity contribution in [1.82, 2.24) is 14.2 Å². The molecule has 0 saturated carbocycles. The van der Waals surface area contributed by atoms with Gasteiger partial charge in [-0.25, -0.2) is 13.4 Å². The molecule has 1 aromatic carbocycles. The van der Waals surface area contributed by atoms with Crippen LogP contribution in [-0.2, 0) is 16.4 Å². The third kappa shape index (κ3) is 4.98. The van der Waals surface area contributed by atoms with Crippen molar-refractivity contribution in [3.05, 3.63) is 64.0 Å². The minimum Gasteiger partial charge on any atom is -0.361 e. The lowest BCUT2D eigenvalue weighted by molar-refractivity contribution is 0.0702. The first kappa shape index (κ1) is 21.9. The minimum absolute atomic E-state index is 0.0840. The second kappa shape index (κ2) is 9.47. The number of nitrogens with zero attached hydrogens (tertiary/aromatic N) is 3. The largest absolute Gasteiger partial charge is 0.361 e. The monoisotopic (exact) mass is 476 g/mol. The summed E-state index contributed by atoms with van der Waals surface area (Å²) in [5, 5.41) is 5.79. The van der Waals surface area contributed by atoms with Gasteiger partial charge in [-0.05, 0) is 30.4 Å². The number of benzene rings is 1. The maximum Gasteiger partial charge on any atom is 0.266 e. The van der Waals surface area contributed by atoms with Crippen molar-refractivity contribution >= 4 is 43.7 Å². The first-order valence-corrected chi connectivity index (χ1v) is 13.2. The number of thiazole rings is 1. The van der Waals surface area contributed by atoms with E-state index < -0.39 is 10.0 Å². The molecule has 10 heteroatoms. The highest BCUT2D eigenvalue weighted by atomic mass is 32.2. The number of amides is 1. The predicted molar refractivity (Wildman–Crippen MR) is 124 cm³/mol. The summed E-state index contributed by atoms with van der Waals surface area (Å²) < 4.78 is 27.1. The molecule has 0 radical (unpaired) electrons. The van der Waals surface area contributed by atoms with Crippen LogP contribution in [0, 0.1) is 6.92 Å². The smallest absolute Gasteiger partial charge is 0.266 e. The zero-order valence-corrected chi connectivity index (χ0v) is 19.6. The molecule has 164 valence electrons. The second-order valence-corrected chi connectivity index (χ2v) is 11.3. The van der Waals surface area contributed by atoms with E-state index in [0.29, 0.717) is 41.0 Å². The lowest BCUT2D eigenvalue weighted by atomic mass is 10.2. The highest BCUT2D eigenvalue weighted by molar-refractivity contribution is 7.91. The highest BCUT2D eigenvalue weighted by Crippen LogP contribution is 2.26. The molecule has 0 aliphatic carbocycles. The van der Waals surface area contributed by atoms with E-state index in [-0.39, 0.29) is 5.91 Å². The van der Waals surface area contributed by atoms with E-state index in [1.807, 2.05) is 25.1 Å². The number of carbonyl (C=O) groups excluding carboxylic acids is 1. The summed E-state index contributed by atoms with van der Waals surface area (Å²) in [6.45, 7) is 3.92. The van der Waals surface area contributed by atoms with Gasteiger partial charge in [-0.15, -0.1) is 11.3 Å². The zero-order valence-electron chi connectivity index (χ0n) is 17.2. The molecule has 0 atom stereocenters. The van der Waals surface area contributed by atoms with Crippen LogP contribution >= 0.6 is 22.7 Å². The number of aromatic nitrogens is 1. The van der Waals surface area contributed by atoms with Crippen LogP contribution in [0.2, 0.25) is 0 Å². The molecule has 3 aromatic rings. The van der Waals surface area contributed by atoms with Crippen LogP contribution in [0.5, 0.6) is 0 Å². The normalized spacial score (nSPS) is 15.2. The number of piperazine rings is 1. The van der Waals surface area contributed by atoms with Crippen molar-refractivity contribution in [2.45, 2.75) is 17.6 Å². The van der Waals surface area contributed by atoms with Gasteiger partial charge >= 0.3 is 0 Å². The zero-order chi connectivity index (χ0) is 21.8. The third-order valence-electron chi connectivity index (χ3n) is 5.14. The van der Waals surface area contributed by atoms with Crippen molar-refractivity contribution in [2.24, 2.45) is 0 Å². The number of aryl methyl sites for hydroxylation is 1. The Kier molecular flexibility index (Phi) is 6.71. The van der Waals surface area contributed by atoms with Gasteiger partial charge in [0.05, 0.1) is 5.69 Å². The van der Waals surface area contributed by atoms with Gasteiger partial charge in [0.15, 0.2) is 5.13 Å². The van der Waals surface area contributed by atoms with Gasteiger partial charge in [0.2, 0.25) is 0 Å². The topological polar surface area (TPSA) is 82.6 Å². The third-order valence-corrected chi connectivity index (χ3v) is 9.51. The van der Waals surface area contributed by atoms with E-state index in [9.17, 15) is 13.2 Å². The van der Waals surface area contributed by atoms with E-state index in [1.54, 1.807) is 22.4 Å². The van der Waals surface area contributed by atoms with Crippen molar-refractivity contribution < 1.29 is 13.2 Å². The molecule has 2 aromatic heterocycles. The predicted octanol–water partition coefficient (Wildman–Crippen LogP) is 3.31. The molecule has 1 fully saturated rings. The van der Waals surface area contributed by atoms with E-state index in [1.165, 1.54) is 32.5 Å². The summed E-state index contributed by atoms with van der Waals surface area (Å²) in [4.78, 5) is 19.8. The number of rotatable bonds is 7. The van der Waals surface area contributed by atoms with E-state index in [0.717, 1.165) is 18.1 Å². The van der Waals surface area contributed by atoms with Gasteiger partial charge in [-0.3, -0.25) is 4.79 Å². The molecule has 0 spiro atoms. The van der Waals surface area contributed by atoms with Gasteiger partial charge in [0.1, 0.15) is 9.09 Å². The molecular formula is C21H24N4O3S3. The van der Waals surface area contributed by atoms with Gasteiger partial charge in [0.25, 0.3) is 15.9 Å². The first-order valence-electron chi connectivity index (χ1n) is 10.0. The van der Waals surface area contributed by atoms with Crippen LogP contribution in [0.15, 0.2) is 52.1 Å². The first-order chi connectivity index (χ1) is 14.9. The molecule has 7 nitrogen and oxygen atoms in total.